The van der Waals surface area contributed by atoms with Crippen LogP contribution in [0, 0.1) is 11.3 Å². The summed E-state index contributed by atoms with van der Waals surface area (Å²) in [4.78, 5) is 2.50. The first-order chi connectivity index (χ1) is 8.49. The number of anilines is 1. The second-order valence-electron chi connectivity index (χ2n) is 5.95. The summed E-state index contributed by atoms with van der Waals surface area (Å²) in [5.41, 5.74) is 3.63. The molecule has 1 aliphatic heterocycles. The Hall–Kier alpha value is -1.49. The second-order valence-corrected chi connectivity index (χ2v) is 5.95. The Morgan fingerprint density at radius 1 is 1.44 bits per heavy atom. The molecule has 1 unspecified atom stereocenters. The molecule has 18 heavy (non-hydrogen) atoms. The Balaban J connectivity index is 2.51. The largest absolute Gasteiger partial charge is 0.366 e. The number of hydrogen-bond acceptors (Lipinski definition) is 2. The third kappa shape index (κ3) is 2.10. The Morgan fingerprint density at radius 2 is 2.17 bits per heavy atom. The zero-order valence-corrected chi connectivity index (χ0v) is 11.8. The number of hydrogen-bond donors (Lipinski definition) is 0. The molecular formula is C16H22N2. The van der Waals surface area contributed by atoms with Gasteiger partial charge in [0.2, 0.25) is 0 Å². The molecule has 1 aromatic rings. The van der Waals surface area contributed by atoms with Crippen molar-refractivity contribution < 1.29 is 0 Å². The lowest BCUT2D eigenvalue weighted by Crippen LogP contribution is -2.48. The molecule has 0 saturated heterocycles. The van der Waals surface area contributed by atoms with Crippen LogP contribution in [0.1, 0.15) is 57.6 Å². The van der Waals surface area contributed by atoms with Crippen LogP contribution in [0.25, 0.3) is 0 Å². The SMILES string of the molecule is CCCN1c2ccc(C#N)cc2C(C)CC1(C)C. The van der Waals surface area contributed by atoms with Crippen LogP contribution in [0.5, 0.6) is 0 Å². The molecule has 0 fully saturated rings. The maximum absolute atomic E-state index is 9.03. The summed E-state index contributed by atoms with van der Waals surface area (Å²) in [5, 5.41) is 9.03. The lowest BCUT2D eigenvalue weighted by atomic mass is 9.79. The smallest absolute Gasteiger partial charge is 0.0991 e. The maximum Gasteiger partial charge on any atom is 0.0991 e. The van der Waals surface area contributed by atoms with Gasteiger partial charge in [0.1, 0.15) is 0 Å². The van der Waals surface area contributed by atoms with Crippen molar-refractivity contribution in [2.75, 3.05) is 11.4 Å². The van der Waals surface area contributed by atoms with Gasteiger partial charge in [-0.3, -0.25) is 0 Å². The molecule has 1 aliphatic rings. The zero-order chi connectivity index (χ0) is 13.3. The number of nitriles is 1. The highest BCUT2D eigenvalue weighted by molar-refractivity contribution is 5.61. The van der Waals surface area contributed by atoms with Gasteiger partial charge in [0.05, 0.1) is 11.6 Å². The van der Waals surface area contributed by atoms with Crippen molar-refractivity contribution in [1.29, 1.82) is 5.26 Å². The second kappa shape index (κ2) is 4.65. The quantitative estimate of drug-likeness (QED) is 0.782. The molecule has 1 atom stereocenters. The Labute approximate surface area is 110 Å². The highest BCUT2D eigenvalue weighted by atomic mass is 15.2. The van der Waals surface area contributed by atoms with E-state index < -0.39 is 0 Å². The van der Waals surface area contributed by atoms with E-state index >= 15 is 0 Å². The van der Waals surface area contributed by atoms with Crippen LogP contribution in [-0.4, -0.2) is 12.1 Å². The molecule has 96 valence electrons. The molecule has 2 nitrogen and oxygen atoms in total. The van der Waals surface area contributed by atoms with Crippen LogP contribution < -0.4 is 4.90 Å². The Kier molecular flexibility index (Phi) is 3.34. The van der Waals surface area contributed by atoms with Crippen LogP contribution >= 0.6 is 0 Å². The number of nitrogens with zero attached hydrogens (tertiary/aromatic N) is 2. The summed E-state index contributed by atoms with van der Waals surface area (Å²) in [7, 11) is 0. The third-order valence-electron chi connectivity index (χ3n) is 3.96. The summed E-state index contributed by atoms with van der Waals surface area (Å²) in [6.45, 7) is 10.2. The molecule has 2 heteroatoms. The van der Waals surface area contributed by atoms with Crippen LogP contribution in [-0.2, 0) is 0 Å². The number of fused-ring (bicyclic) bond motifs is 1. The van der Waals surface area contributed by atoms with Crippen molar-refractivity contribution in [3.63, 3.8) is 0 Å². The van der Waals surface area contributed by atoms with Gasteiger partial charge in [-0.05, 0) is 56.4 Å². The van der Waals surface area contributed by atoms with Gasteiger partial charge in [0, 0.05) is 17.8 Å². The van der Waals surface area contributed by atoms with E-state index in [0.717, 1.165) is 24.9 Å². The lowest BCUT2D eigenvalue weighted by Gasteiger charge is -2.47. The predicted molar refractivity (Wildman–Crippen MR) is 75.9 cm³/mol. The van der Waals surface area contributed by atoms with Gasteiger partial charge >= 0.3 is 0 Å². The van der Waals surface area contributed by atoms with E-state index in [9.17, 15) is 0 Å². The monoisotopic (exact) mass is 242 g/mol. The average molecular weight is 242 g/mol. The molecule has 0 spiro atoms. The number of benzene rings is 1. The van der Waals surface area contributed by atoms with Gasteiger partial charge in [-0.25, -0.2) is 0 Å². The lowest BCUT2D eigenvalue weighted by molar-refractivity contribution is 0.376. The molecule has 0 aliphatic carbocycles. The summed E-state index contributed by atoms with van der Waals surface area (Å²) < 4.78 is 0. The van der Waals surface area contributed by atoms with Crippen molar-refractivity contribution in [3.05, 3.63) is 29.3 Å². The van der Waals surface area contributed by atoms with Crippen molar-refractivity contribution >= 4 is 5.69 Å². The third-order valence-corrected chi connectivity index (χ3v) is 3.96. The minimum atomic E-state index is 0.205. The summed E-state index contributed by atoms with van der Waals surface area (Å²) >= 11 is 0. The van der Waals surface area contributed by atoms with Crippen molar-refractivity contribution in [2.24, 2.45) is 0 Å². The van der Waals surface area contributed by atoms with Gasteiger partial charge in [0.15, 0.2) is 0 Å². The molecular weight excluding hydrogens is 220 g/mol. The molecule has 2 rings (SSSR count). The minimum absolute atomic E-state index is 0.205. The topological polar surface area (TPSA) is 27.0 Å². The first kappa shape index (κ1) is 13.0. The molecule has 1 heterocycles. The van der Waals surface area contributed by atoms with Crippen LogP contribution in [0.3, 0.4) is 0 Å². The predicted octanol–water partition coefficient (Wildman–Crippen LogP) is 4.06. The van der Waals surface area contributed by atoms with Gasteiger partial charge in [-0.2, -0.15) is 5.26 Å². The fraction of sp³-hybridized carbons (Fsp3) is 0.562. The van der Waals surface area contributed by atoms with Crippen LogP contribution in [0.4, 0.5) is 5.69 Å². The van der Waals surface area contributed by atoms with Crippen molar-refractivity contribution in [1.82, 2.24) is 0 Å². The highest BCUT2D eigenvalue weighted by Gasteiger charge is 2.35. The molecule has 0 amide bonds. The normalized spacial score (nSPS) is 21.3. The van der Waals surface area contributed by atoms with E-state index in [0.29, 0.717) is 5.92 Å². The van der Waals surface area contributed by atoms with Crippen molar-refractivity contribution in [2.45, 2.75) is 52.0 Å². The molecule has 0 saturated carbocycles. The zero-order valence-electron chi connectivity index (χ0n) is 11.8. The maximum atomic E-state index is 9.03. The molecule has 0 bridgehead atoms. The molecule has 0 radical (unpaired) electrons. The first-order valence-electron chi connectivity index (χ1n) is 6.81. The first-order valence-corrected chi connectivity index (χ1v) is 6.81. The van der Waals surface area contributed by atoms with E-state index in [2.05, 4.69) is 50.8 Å². The van der Waals surface area contributed by atoms with Crippen LogP contribution in [0.15, 0.2) is 18.2 Å². The van der Waals surface area contributed by atoms with Gasteiger partial charge in [0.25, 0.3) is 0 Å². The summed E-state index contributed by atoms with van der Waals surface area (Å²) in [5.74, 6) is 0.524. The Bertz CT molecular complexity index is 482. The van der Waals surface area contributed by atoms with Gasteiger partial charge < -0.3 is 4.90 Å². The standard InChI is InChI=1S/C16H22N2/c1-5-8-18-15-7-6-13(11-17)9-14(15)12(2)10-16(18,3)4/h6-7,9,12H,5,8,10H2,1-4H3. The molecule has 0 aromatic heterocycles. The van der Waals surface area contributed by atoms with E-state index in [4.69, 9.17) is 5.26 Å². The van der Waals surface area contributed by atoms with Gasteiger partial charge in [-0.15, -0.1) is 0 Å². The fourth-order valence-corrected chi connectivity index (χ4v) is 3.21. The Morgan fingerprint density at radius 3 is 2.78 bits per heavy atom. The highest BCUT2D eigenvalue weighted by Crippen LogP contribution is 2.43. The van der Waals surface area contributed by atoms with Gasteiger partial charge in [-0.1, -0.05) is 13.8 Å². The average Bonchev–Trinajstić information content (AvgIpc) is 2.33. The number of rotatable bonds is 2. The van der Waals surface area contributed by atoms with E-state index in [-0.39, 0.29) is 5.54 Å². The summed E-state index contributed by atoms with van der Waals surface area (Å²) in [6.07, 6.45) is 2.30. The minimum Gasteiger partial charge on any atom is -0.366 e. The van der Waals surface area contributed by atoms with E-state index in [1.54, 1.807) is 0 Å². The molecule has 0 N–H and O–H groups in total. The van der Waals surface area contributed by atoms with E-state index in [1.807, 2.05) is 6.07 Å². The summed E-state index contributed by atoms with van der Waals surface area (Å²) in [6, 6.07) is 8.38. The molecule has 1 aromatic carbocycles. The fourth-order valence-electron chi connectivity index (χ4n) is 3.21. The van der Waals surface area contributed by atoms with E-state index in [1.165, 1.54) is 11.3 Å². The van der Waals surface area contributed by atoms with Crippen LogP contribution in [0.2, 0.25) is 0 Å². The van der Waals surface area contributed by atoms with Crippen molar-refractivity contribution in [3.8, 4) is 6.07 Å².